The number of hydrogen-bond donors (Lipinski definition) is 1. The maximum absolute atomic E-state index is 11.7. The molecule has 2 unspecified atom stereocenters. The first-order chi connectivity index (χ1) is 8.48. The zero-order valence-electron chi connectivity index (χ0n) is 9.65. The van der Waals surface area contributed by atoms with Crippen LogP contribution in [0.5, 0.6) is 0 Å². The third kappa shape index (κ3) is 3.08. The Bertz CT molecular complexity index is 523. The summed E-state index contributed by atoms with van der Waals surface area (Å²) in [6.45, 7) is 0.0863. The van der Waals surface area contributed by atoms with Gasteiger partial charge in [0.25, 0.3) is 0 Å². The largest absolute Gasteiger partial charge is 0.461 e. The van der Waals surface area contributed by atoms with Gasteiger partial charge in [0.2, 0.25) is 0 Å². The highest BCUT2D eigenvalue weighted by atomic mass is 32.2. The minimum absolute atomic E-state index is 0.0863. The van der Waals surface area contributed by atoms with Crippen LogP contribution < -0.4 is 0 Å². The summed E-state index contributed by atoms with van der Waals surface area (Å²) in [5.41, 5.74) is 0.821. The van der Waals surface area contributed by atoms with E-state index in [-0.39, 0.29) is 18.1 Å². The molecule has 0 amide bonds. The first-order valence-corrected chi connectivity index (χ1v) is 7.39. The SMILES string of the molecule is O=C(OCc1ccccc1)C1CS(=O)(=O)CC1O. The van der Waals surface area contributed by atoms with E-state index in [2.05, 4.69) is 0 Å². The van der Waals surface area contributed by atoms with E-state index in [9.17, 15) is 18.3 Å². The van der Waals surface area contributed by atoms with Crippen molar-refractivity contribution in [2.75, 3.05) is 11.5 Å². The Kier molecular flexibility index (Phi) is 3.68. The lowest BCUT2D eigenvalue weighted by Gasteiger charge is -2.12. The number of ether oxygens (including phenoxy) is 1. The van der Waals surface area contributed by atoms with Crippen molar-refractivity contribution in [3.05, 3.63) is 35.9 Å². The Morgan fingerprint density at radius 2 is 1.94 bits per heavy atom. The number of carbonyl (C=O) groups is 1. The lowest BCUT2D eigenvalue weighted by atomic mass is 10.1. The van der Waals surface area contributed by atoms with E-state index in [1.54, 1.807) is 12.1 Å². The molecule has 18 heavy (non-hydrogen) atoms. The van der Waals surface area contributed by atoms with Crippen LogP contribution in [-0.2, 0) is 26.0 Å². The molecule has 1 aromatic carbocycles. The Hall–Kier alpha value is -1.40. The molecule has 0 spiro atoms. The number of aliphatic hydroxyl groups excluding tert-OH is 1. The van der Waals surface area contributed by atoms with Crippen LogP contribution >= 0.6 is 0 Å². The van der Waals surface area contributed by atoms with Crippen molar-refractivity contribution in [2.24, 2.45) is 5.92 Å². The van der Waals surface area contributed by atoms with Crippen LogP contribution in [0.4, 0.5) is 0 Å². The van der Waals surface area contributed by atoms with Crippen molar-refractivity contribution in [1.82, 2.24) is 0 Å². The van der Waals surface area contributed by atoms with E-state index < -0.39 is 27.8 Å². The second-order valence-electron chi connectivity index (χ2n) is 4.34. The standard InChI is InChI=1S/C12H14O5S/c13-11-8-18(15,16)7-10(11)12(14)17-6-9-4-2-1-3-5-9/h1-5,10-11,13H,6-8H2. The lowest BCUT2D eigenvalue weighted by molar-refractivity contribution is -0.151. The summed E-state index contributed by atoms with van der Waals surface area (Å²) in [5, 5.41) is 9.51. The number of rotatable bonds is 3. The van der Waals surface area contributed by atoms with E-state index in [1.807, 2.05) is 18.2 Å². The van der Waals surface area contributed by atoms with E-state index in [0.717, 1.165) is 5.56 Å². The number of sulfone groups is 1. The molecule has 1 heterocycles. The minimum Gasteiger partial charge on any atom is -0.461 e. The topological polar surface area (TPSA) is 80.7 Å². The Labute approximate surface area is 105 Å². The van der Waals surface area contributed by atoms with Crippen LogP contribution in [0, 0.1) is 5.92 Å². The van der Waals surface area contributed by atoms with Crippen LogP contribution in [0.1, 0.15) is 5.56 Å². The zero-order valence-corrected chi connectivity index (χ0v) is 10.5. The van der Waals surface area contributed by atoms with Gasteiger partial charge in [-0.2, -0.15) is 0 Å². The molecular formula is C12H14O5S. The molecular weight excluding hydrogens is 256 g/mol. The molecule has 1 N–H and O–H groups in total. The van der Waals surface area contributed by atoms with E-state index >= 15 is 0 Å². The highest BCUT2D eigenvalue weighted by molar-refractivity contribution is 7.91. The van der Waals surface area contributed by atoms with Gasteiger partial charge in [-0.3, -0.25) is 4.79 Å². The van der Waals surface area contributed by atoms with Gasteiger partial charge in [0.1, 0.15) is 6.61 Å². The predicted octanol–water partition coefficient (Wildman–Crippen LogP) is 0.135. The van der Waals surface area contributed by atoms with E-state index in [1.165, 1.54) is 0 Å². The molecule has 1 aromatic rings. The zero-order chi connectivity index (χ0) is 13.2. The maximum Gasteiger partial charge on any atom is 0.312 e. The van der Waals surface area contributed by atoms with Crippen molar-refractivity contribution < 1.29 is 23.1 Å². The third-order valence-electron chi connectivity index (χ3n) is 2.85. The number of carbonyl (C=O) groups excluding carboxylic acids is 1. The summed E-state index contributed by atoms with van der Waals surface area (Å²) in [7, 11) is -3.32. The summed E-state index contributed by atoms with van der Waals surface area (Å²) >= 11 is 0. The molecule has 2 atom stereocenters. The number of aliphatic hydroxyl groups is 1. The van der Waals surface area contributed by atoms with Gasteiger partial charge in [-0.15, -0.1) is 0 Å². The van der Waals surface area contributed by atoms with Crippen molar-refractivity contribution in [2.45, 2.75) is 12.7 Å². The summed E-state index contributed by atoms with van der Waals surface area (Å²) in [5.74, 6) is -2.31. The molecule has 1 aliphatic rings. The van der Waals surface area contributed by atoms with E-state index in [4.69, 9.17) is 4.74 Å². The van der Waals surface area contributed by atoms with Crippen LogP contribution in [0.3, 0.4) is 0 Å². The number of esters is 1. The molecule has 98 valence electrons. The highest BCUT2D eigenvalue weighted by Gasteiger charge is 2.41. The van der Waals surface area contributed by atoms with Crippen LogP contribution in [0.25, 0.3) is 0 Å². The first kappa shape index (κ1) is 13.0. The summed E-state index contributed by atoms with van der Waals surface area (Å²) in [4.78, 5) is 11.7. The Morgan fingerprint density at radius 3 is 2.50 bits per heavy atom. The molecule has 1 aliphatic heterocycles. The van der Waals surface area contributed by atoms with Gasteiger partial charge in [-0.1, -0.05) is 30.3 Å². The van der Waals surface area contributed by atoms with Crippen molar-refractivity contribution in [1.29, 1.82) is 0 Å². The van der Waals surface area contributed by atoms with Crippen molar-refractivity contribution in [3.63, 3.8) is 0 Å². The minimum atomic E-state index is -3.32. The smallest absolute Gasteiger partial charge is 0.312 e. The molecule has 0 saturated carbocycles. The van der Waals surface area contributed by atoms with Crippen molar-refractivity contribution in [3.8, 4) is 0 Å². The van der Waals surface area contributed by atoms with Crippen molar-refractivity contribution >= 4 is 15.8 Å². The molecule has 2 rings (SSSR count). The predicted molar refractivity (Wildman–Crippen MR) is 64.4 cm³/mol. The fraction of sp³-hybridized carbons (Fsp3) is 0.417. The molecule has 0 aliphatic carbocycles. The highest BCUT2D eigenvalue weighted by Crippen LogP contribution is 2.21. The second-order valence-corrected chi connectivity index (χ2v) is 6.50. The van der Waals surface area contributed by atoms with Gasteiger partial charge >= 0.3 is 5.97 Å². The summed E-state index contributed by atoms with van der Waals surface area (Å²) in [6.07, 6.45) is -1.15. The number of hydrogen-bond acceptors (Lipinski definition) is 5. The summed E-state index contributed by atoms with van der Waals surface area (Å²) in [6, 6.07) is 9.08. The molecule has 1 saturated heterocycles. The quantitative estimate of drug-likeness (QED) is 0.790. The normalized spacial score (nSPS) is 25.8. The second kappa shape index (κ2) is 5.07. The van der Waals surface area contributed by atoms with Gasteiger partial charge in [0, 0.05) is 0 Å². The fourth-order valence-electron chi connectivity index (χ4n) is 1.89. The van der Waals surface area contributed by atoms with E-state index in [0.29, 0.717) is 0 Å². The molecule has 1 fully saturated rings. The Balaban J connectivity index is 1.93. The van der Waals surface area contributed by atoms with Gasteiger partial charge in [-0.25, -0.2) is 8.42 Å². The van der Waals surface area contributed by atoms with Gasteiger partial charge in [0.15, 0.2) is 9.84 Å². The molecule has 0 radical (unpaired) electrons. The van der Waals surface area contributed by atoms with Gasteiger partial charge < -0.3 is 9.84 Å². The van der Waals surface area contributed by atoms with Crippen LogP contribution in [0.2, 0.25) is 0 Å². The summed E-state index contributed by atoms with van der Waals surface area (Å²) < 4.78 is 27.5. The lowest BCUT2D eigenvalue weighted by Crippen LogP contribution is -2.28. The van der Waals surface area contributed by atoms with Gasteiger partial charge in [0.05, 0.1) is 23.5 Å². The van der Waals surface area contributed by atoms with Crippen LogP contribution in [-0.4, -0.2) is 37.1 Å². The first-order valence-electron chi connectivity index (χ1n) is 5.57. The third-order valence-corrected chi connectivity index (χ3v) is 4.57. The average molecular weight is 270 g/mol. The molecule has 0 bridgehead atoms. The number of benzene rings is 1. The fourth-order valence-corrected chi connectivity index (χ4v) is 3.68. The van der Waals surface area contributed by atoms with Crippen LogP contribution in [0.15, 0.2) is 30.3 Å². The van der Waals surface area contributed by atoms with Gasteiger partial charge in [-0.05, 0) is 5.56 Å². The molecule has 0 aromatic heterocycles. The Morgan fingerprint density at radius 1 is 1.28 bits per heavy atom. The average Bonchev–Trinajstić information content (AvgIpc) is 2.61. The maximum atomic E-state index is 11.7. The monoisotopic (exact) mass is 270 g/mol. The molecule has 6 heteroatoms. The molecule has 5 nitrogen and oxygen atoms in total.